The molecule has 0 atom stereocenters. The minimum absolute atomic E-state index is 0. The first-order chi connectivity index (χ1) is 10.3. The molecule has 0 aromatic heterocycles. The zero-order valence-electron chi connectivity index (χ0n) is 11.2. The van der Waals surface area contributed by atoms with Gasteiger partial charge in [0.1, 0.15) is 0 Å². The van der Waals surface area contributed by atoms with Crippen molar-refractivity contribution in [2.45, 2.75) is 12.6 Å². The number of Topliss-reactive ketones (excluding diaryl/α,β-unsaturated/α-hetero) is 2. The Kier molecular flexibility index (Phi) is 6.27. The van der Waals surface area contributed by atoms with Crippen LogP contribution in [0.5, 0.6) is 0 Å². The third-order valence-corrected chi connectivity index (χ3v) is 2.73. The molecule has 115 valence electrons. The summed E-state index contributed by atoms with van der Waals surface area (Å²) in [7, 11) is 0. The van der Waals surface area contributed by atoms with Crippen LogP contribution < -0.4 is 0 Å². The topological polar surface area (TPSA) is 74.6 Å². The lowest BCUT2D eigenvalue weighted by molar-refractivity contribution is -0.170. The molecule has 0 aliphatic heterocycles. The van der Waals surface area contributed by atoms with Crippen LogP contribution in [0.15, 0.2) is 42.5 Å². The number of halogens is 3. The molecule has 0 bridgehead atoms. The summed E-state index contributed by atoms with van der Waals surface area (Å²) < 4.78 is 36.4. The van der Waals surface area contributed by atoms with E-state index in [1.165, 1.54) is 6.07 Å². The molecular formula is C14H11BF3O4. The maximum atomic E-state index is 12.1. The molecule has 0 saturated heterocycles. The van der Waals surface area contributed by atoms with E-state index in [4.69, 9.17) is 10.0 Å². The van der Waals surface area contributed by atoms with Gasteiger partial charge in [0.05, 0.1) is 6.42 Å². The number of benzene rings is 2. The second kappa shape index (κ2) is 7.72. The van der Waals surface area contributed by atoms with Gasteiger partial charge < -0.3 is 10.0 Å². The molecule has 2 rings (SSSR count). The van der Waals surface area contributed by atoms with Gasteiger partial charge in [0.25, 0.3) is 0 Å². The van der Waals surface area contributed by atoms with Crippen LogP contribution in [0, 0.1) is 0 Å². The van der Waals surface area contributed by atoms with Gasteiger partial charge >= 0.3 is 13.9 Å². The Labute approximate surface area is 124 Å². The van der Waals surface area contributed by atoms with Gasteiger partial charge in [-0.3, -0.25) is 9.59 Å². The van der Waals surface area contributed by atoms with Crippen LogP contribution in [0.3, 0.4) is 0 Å². The van der Waals surface area contributed by atoms with E-state index in [0.29, 0.717) is 5.39 Å². The average Bonchev–Trinajstić information content (AvgIpc) is 2.46. The molecular weight excluding hydrogens is 300 g/mol. The van der Waals surface area contributed by atoms with E-state index in [1.807, 2.05) is 0 Å². The fourth-order valence-corrected chi connectivity index (χ4v) is 1.81. The lowest BCUT2D eigenvalue weighted by atomic mass is 9.99. The number of carbonyl (C=O) groups excluding carboxylic acids is 2. The quantitative estimate of drug-likeness (QED) is 0.517. The Balaban J connectivity index is 0.000000745. The molecule has 22 heavy (non-hydrogen) atoms. The number of hydrogen-bond acceptors (Lipinski definition) is 4. The van der Waals surface area contributed by atoms with Crippen LogP contribution in [0.1, 0.15) is 16.8 Å². The summed E-state index contributed by atoms with van der Waals surface area (Å²) in [5.41, 5.74) is 0.135. The van der Waals surface area contributed by atoms with Crippen LogP contribution in [-0.2, 0) is 4.79 Å². The molecule has 4 nitrogen and oxygen atoms in total. The summed E-state index contributed by atoms with van der Waals surface area (Å²) in [6.45, 7) is 0. The maximum Gasteiger partial charge on any atom is 0.482 e. The Morgan fingerprint density at radius 1 is 1.00 bits per heavy atom. The van der Waals surface area contributed by atoms with Crippen molar-refractivity contribution in [3.05, 3.63) is 48.0 Å². The summed E-state index contributed by atoms with van der Waals surface area (Å²) in [5.74, 6) is -2.84. The third kappa shape index (κ3) is 4.68. The minimum Gasteiger partial charge on any atom is -0.429 e. The zero-order chi connectivity index (χ0) is 16.8. The maximum absolute atomic E-state index is 12.1. The monoisotopic (exact) mass is 311 g/mol. The Bertz CT molecular complexity index is 665. The molecule has 0 aliphatic rings. The Hall–Kier alpha value is -2.19. The van der Waals surface area contributed by atoms with Gasteiger partial charge in [-0.2, -0.15) is 13.2 Å². The highest BCUT2D eigenvalue weighted by Crippen LogP contribution is 2.23. The van der Waals surface area contributed by atoms with Crippen LogP contribution in [0.2, 0.25) is 0 Å². The van der Waals surface area contributed by atoms with Crippen molar-refractivity contribution in [2.24, 2.45) is 0 Å². The average molecular weight is 311 g/mol. The van der Waals surface area contributed by atoms with Crippen LogP contribution in [-0.4, -0.2) is 35.5 Å². The van der Waals surface area contributed by atoms with Crippen molar-refractivity contribution in [3.63, 3.8) is 0 Å². The number of fused-ring (bicyclic) bond motifs is 1. The van der Waals surface area contributed by atoms with Crippen LogP contribution in [0.4, 0.5) is 13.2 Å². The summed E-state index contributed by atoms with van der Waals surface area (Å²) >= 11 is 0. The number of ketones is 2. The van der Waals surface area contributed by atoms with Gasteiger partial charge in [0, 0.05) is 5.56 Å². The van der Waals surface area contributed by atoms with Crippen molar-refractivity contribution < 1.29 is 32.8 Å². The zero-order valence-corrected chi connectivity index (χ0v) is 11.2. The third-order valence-electron chi connectivity index (χ3n) is 2.73. The van der Waals surface area contributed by atoms with Gasteiger partial charge in [0.15, 0.2) is 5.78 Å². The predicted octanol–water partition coefficient (Wildman–Crippen LogP) is 2.05. The molecule has 0 aliphatic carbocycles. The van der Waals surface area contributed by atoms with Gasteiger partial charge in [-0.1, -0.05) is 42.5 Å². The smallest absolute Gasteiger partial charge is 0.429 e. The van der Waals surface area contributed by atoms with Crippen molar-refractivity contribution in [1.29, 1.82) is 0 Å². The molecule has 0 fully saturated rings. The van der Waals surface area contributed by atoms with Crippen molar-refractivity contribution in [1.82, 2.24) is 0 Å². The van der Waals surface area contributed by atoms with Gasteiger partial charge in [-0.15, -0.1) is 0 Å². The summed E-state index contributed by atoms with van der Waals surface area (Å²) in [6.07, 6.45) is -6.13. The van der Waals surface area contributed by atoms with E-state index in [1.54, 1.807) is 36.4 Å². The summed E-state index contributed by atoms with van der Waals surface area (Å²) in [4.78, 5) is 22.6. The molecule has 0 unspecified atom stereocenters. The standard InChI is InChI=1S/C14H9F3O2.BH2O2/c15-14(16,17)13(19)8-12(18)11-7-3-5-9-4-1-2-6-10(9)11;2-1-3/h1-7H,8H2;2-3H. The highest BCUT2D eigenvalue weighted by atomic mass is 19.4. The molecule has 2 N–H and O–H groups in total. The first-order valence-electron chi connectivity index (χ1n) is 6.02. The predicted molar refractivity (Wildman–Crippen MR) is 74.1 cm³/mol. The molecule has 1 radical (unpaired) electrons. The second-order valence-corrected chi connectivity index (χ2v) is 4.16. The fraction of sp³-hybridized carbons (Fsp3) is 0.143. The lowest BCUT2D eigenvalue weighted by Gasteiger charge is -2.07. The lowest BCUT2D eigenvalue weighted by Crippen LogP contribution is -2.25. The van der Waals surface area contributed by atoms with E-state index >= 15 is 0 Å². The van der Waals surface area contributed by atoms with Gasteiger partial charge in [-0.05, 0) is 10.8 Å². The van der Waals surface area contributed by atoms with Crippen molar-refractivity contribution in [3.8, 4) is 0 Å². The molecule has 0 spiro atoms. The van der Waals surface area contributed by atoms with Crippen molar-refractivity contribution >= 4 is 30.0 Å². The number of carbonyl (C=O) groups is 2. The number of alkyl halides is 3. The molecule has 0 saturated carbocycles. The van der Waals surface area contributed by atoms with Gasteiger partial charge in [0.2, 0.25) is 5.78 Å². The van der Waals surface area contributed by atoms with Crippen LogP contribution in [0.25, 0.3) is 10.8 Å². The first-order valence-corrected chi connectivity index (χ1v) is 6.02. The molecule has 0 heterocycles. The fourth-order valence-electron chi connectivity index (χ4n) is 1.81. The van der Waals surface area contributed by atoms with Gasteiger partial charge in [-0.25, -0.2) is 0 Å². The highest BCUT2D eigenvalue weighted by Gasteiger charge is 2.39. The van der Waals surface area contributed by atoms with E-state index < -0.39 is 24.2 Å². The van der Waals surface area contributed by atoms with E-state index in [-0.39, 0.29) is 13.2 Å². The molecule has 2 aromatic rings. The minimum atomic E-state index is -4.97. The first kappa shape index (κ1) is 17.9. The molecule has 8 heteroatoms. The highest BCUT2D eigenvalue weighted by molar-refractivity contribution is 6.15. The SMILES string of the molecule is O=C(CC(=O)C(F)(F)F)c1cccc2ccccc12.O[B]O. The normalized spacial score (nSPS) is 10.6. The van der Waals surface area contributed by atoms with E-state index in [9.17, 15) is 22.8 Å². The van der Waals surface area contributed by atoms with E-state index in [2.05, 4.69) is 0 Å². The molecule has 0 amide bonds. The summed E-state index contributed by atoms with van der Waals surface area (Å²) in [5, 5.41) is 15.3. The largest absolute Gasteiger partial charge is 0.482 e. The Morgan fingerprint density at radius 2 is 1.55 bits per heavy atom. The Morgan fingerprint density at radius 3 is 2.14 bits per heavy atom. The summed E-state index contributed by atoms with van der Waals surface area (Å²) in [6, 6.07) is 11.6. The van der Waals surface area contributed by atoms with Crippen molar-refractivity contribution in [2.75, 3.05) is 0 Å². The van der Waals surface area contributed by atoms with E-state index in [0.717, 1.165) is 5.39 Å². The second-order valence-electron chi connectivity index (χ2n) is 4.16. The molecule has 2 aromatic carbocycles. The van der Waals surface area contributed by atoms with Crippen LogP contribution >= 0.6 is 0 Å². The number of hydrogen-bond donors (Lipinski definition) is 2. The number of rotatable bonds is 3.